The average Bonchev–Trinajstić information content (AvgIpc) is 2.79. The van der Waals surface area contributed by atoms with E-state index in [1.807, 2.05) is 0 Å². The Balaban J connectivity index is 1.92. The summed E-state index contributed by atoms with van der Waals surface area (Å²) >= 11 is 0. The Bertz CT molecular complexity index is 493. The van der Waals surface area contributed by atoms with Gasteiger partial charge in [-0.25, -0.2) is 4.63 Å². The highest BCUT2D eigenvalue weighted by Gasteiger charge is 2.35. The molecule has 0 aliphatic carbocycles. The lowest BCUT2D eigenvalue weighted by Gasteiger charge is -2.38. The Kier molecular flexibility index (Phi) is 3.51. The molecule has 0 spiro atoms. The van der Waals surface area contributed by atoms with Crippen LogP contribution in [0.15, 0.2) is 9.78 Å². The topological polar surface area (TPSA) is 147 Å². The first-order valence-corrected chi connectivity index (χ1v) is 5.47. The van der Waals surface area contributed by atoms with Crippen molar-refractivity contribution in [1.82, 2.24) is 15.2 Å². The van der Waals surface area contributed by atoms with Crippen LogP contribution in [0.5, 0.6) is 5.88 Å². The minimum atomic E-state index is -1.04. The molecule has 4 N–H and O–H groups in total. The first-order valence-electron chi connectivity index (χ1n) is 5.47. The van der Waals surface area contributed by atoms with Crippen molar-refractivity contribution in [3.63, 3.8) is 0 Å². The van der Waals surface area contributed by atoms with Gasteiger partial charge in [0.25, 0.3) is 11.8 Å². The third kappa shape index (κ3) is 2.57. The van der Waals surface area contributed by atoms with Crippen molar-refractivity contribution in [2.75, 3.05) is 13.1 Å². The molecule has 0 radical (unpaired) electrons. The molecule has 19 heavy (non-hydrogen) atoms. The molecule has 0 aromatic carbocycles. The summed E-state index contributed by atoms with van der Waals surface area (Å²) in [5.74, 6) is -0.660. The Morgan fingerprint density at radius 3 is 2.89 bits per heavy atom. The maximum Gasteiger partial charge on any atom is 0.287 e. The van der Waals surface area contributed by atoms with Crippen molar-refractivity contribution >= 4 is 11.7 Å². The number of aromatic nitrogens is 2. The number of likely N-dealkylation sites (tertiary alicyclic amines) is 1. The van der Waals surface area contributed by atoms with Gasteiger partial charge in [-0.15, -0.1) is 0 Å². The summed E-state index contributed by atoms with van der Waals surface area (Å²) in [4.78, 5) is 12.8. The molecule has 1 amide bonds. The third-order valence-corrected chi connectivity index (χ3v) is 2.60. The zero-order valence-corrected chi connectivity index (χ0v) is 10.1. The maximum absolute atomic E-state index is 11.4. The number of carbonyl (C=O) groups is 1. The molecule has 104 valence electrons. The van der Waals surface area contributed by atoms with Crippen molar-refractivity contribution in [3.05, 3.63) is 5.69 Å². The molecule has 10 heteroatoms. The molecule has 1 aromatic rings. The number of amides is 1. The molecule has 2 heterocycles. The minimum Gasteiger partial charge on any atom is -0.467 e. The predicted octanol–water partition coefficient (Wildman–Crippen LogP) is -1.87. The summed E-state index contributed by atoms with van der Waals surface area (Å²) in [6.07, 6.45) is -1.35. The Hall–Kier alpha value is -2.36. The number of aliphatic hydroxyl groups excluding tert-OH is 1. The normalized spacial score (nSPS) is 18.0. The van der Waals surface area contributed by atoms with E-state index in [4.69, 9.17) is 20.8 Å². The standard InChI is InChI=1S/C9H13N5O5/c1-4(15)9(16)14-2-5(3-14)18-8-6(7(10)11-17)12-19-13-8/h4-5,15,17H,2-3H2,1H3,(H2,10,11)/t4-/m0/s1. The molecular formula is C9H13N5O5. The summed E-state index contributed by atoms with van der Waals surface area (Å²) in [5, 5.41) is 27.3. The van der Waals surface area contributed by atoms with Crippen molar-refractivity contribution < 1.29 is 24.5 Å². The van der Waals surface area contributed by atoms with E-state index in [9.17, 15) is 4.79 Å². The summed E-state index contributed by atoms with van der Waals surface area (Å²) in [5.41, 5.74) is 5.34. The number of hydrogen-bond donors (Lipinski definition) is 3. The van der Waals surface area contributed by atoms with Crippen molar-refractivity contribution in [2.45, 2.75) is 19.1 Å². The van der Waals surface area contributed by atoms with Crippen molar-refractivity contribution in [1.29, 1.82) is 0 Å². The lowest BCUT2D eigenvalue weighted by atomic mass is 10.1. The molecule has 1 fully saturated rings. The van der Waals surface area contributed by atoms with E-state index < -0.39 is 6.10 Å². The second-order valence-corrected chi connectivity index (χ2v) is 4.06. The fraction of sp³-hybridized carbons (Fsp3) is 0.556. The summed E-state index contributed by atoms with van der Waals surface area (Å²) in [6, 6.07) is 0. The van der Waals surface area contributed by atoms with Gasteiger partial charge in [-0.05, 0) is 17.2 Å². The van der Waals surface area contributed by atoms with Crippen LogP contribution in [0.3, 0.4) is 0 Å². The van der Waals surface area contributed by atoms with Gasteiger partial charge in [0.15, 0.2) is 5.84 Å². The van der Waals surface area contributed by atoms with Gasteiger partial charge in [-0.2, -0.15) is 0 Å². The number of nitrogens with zero attached hydrogens (tertiary/aromatic N) is 4. The number of nitrogens with two attached hydrogens (primary N) is 1. The van der Waals surface area contributed by atoms with Gasteiger partial charge < -0.3 is 25.7 Å². The van der Waals surface area contributed by atoms with E-state index in [-0.39, 0.29) is 29.4 Å². The van der Waals surface area contributed by atoms with Crippen LogP contribution in [-0.2, 0) is 4.79 Å². The van der Waals surface area contributed by atoms with Gasteiger partial charge in [-0.3, -0.25) is 4.79 Å². The van der Waals surface area contributed by atoms with E-state index >= 15 is 0 Å². The molecule has 1 aliphatic heterocycles. The van der Waals surface area contributed by atoms with Crippen LogP contribution in [0.1, 0.15) is 12.6 Å². The Morgan fingerprint density at radius 1 is 1.63 bits per heavy atom. The Labute approximate surface area is 107 Å². The summed E-state index contributed by atoms with van der Waals surface area (Å²) < 4.78 is 9.82. The van der Waals surface area contributed by atoms with Crippen LogP contribution in [0.2, 0.25) is 0 Å². The quantitative estimate of drug-likeness (QED) is 0.250. The Morgan fingerprint density at radius 2 is 2.32 bits per heavy atom. The zero-order chi connectivity index (χ0) is 14.0. The number of amidine groups is 1. The average molecular weight is 271 g/mol. The SMILES string of the molecule is C[C@H](O)C(=O)N1CC(Oc2nonc2/C(N)=N/O)C1. The van der Waals surface area contributed by atoms with Gasteiger partial charge in [0, 0.05) is 0 Å². The lowest BCUT2D eigenvalue weighted by molar-refractivity contribution is -0.148. The predicted molar refractivity (Wildman–Crippen MR) is 59.5 cm³/mol. The van der Waals surface area contributed by atoms with E-state index in [1.54, 1.807) is 0 Å². The molecule has 10 nitrogen and oxygen atoms in total. The highest BCUT2D eigenvalue weighted by Crippen LogP contribution is 2.19. The third-order valence-electron chi connectivity index (χ3n) is 2.60. The van der Waals surface area contributed by atoms with Gasteiger partial charge in [0.1, 0.15) is 12.2 Å². The maximum atomic E-state index is 11.4. The zero-order valence-electron chi connectivity index (χ0n) is 10.1. The van der Waals surface area contributed by atoms with Crippen LogP contribution in [-0.4, -0.2) is 62.6 Å². The number of hydrogen-bond acceptors (Lipinski definition) is 8. The molecule has 1 atom stereocenters. The van der Waals surface area contributed by atoms with Gasteiger partial charge in [0.2, 0.25) is 5.69 Å². The van der Waals surface area contributed by atoms with Crippen molar-refractivity contribution in [2.24, 2.45) is 10.9 Å². The number of carbonyl (C=O) groups excluding carboxylic acids is 1. The first-order chi connectivity index (χ1) is 9.02. The van der Waals surface area contributed by atoms with E-state index in [0.29, 0.717) is 13.1 Å². The molecular weight excluding hydrogens is 258 g/mol. The molecule has 1 aliphatic rings. The smallest absolute Gasteiger partial charge is 0.287 e. The minimum absolute atomic E-state index is 0.00977. The van der Waals surface area contributed by atoms with Gasteiger partial charge >= 0.3 is 0 Å². The fourth-order valence-electron chi connectivity index (χ4n) is 1.58. The van der Waals surface area contributed by atoms with Gasteiger partial charge in [-0.1, -0.05) is 5.16 Å². The highest BCUT2D eigenvalue weighted by atomic mass is 16.6. The fourth-order valence-corrected chi connectivity index (χ4v) is 1.58. The largest absolute Gasteiger partial charge is 0.467 e. The molecule has 0 bridgehead atoms. The van der Waals surface area contributed by atoms with Gasteiger partial charge in [0.05, 0.1) is 13.1 Å². The van der Waals surface area contributed by atoms with Crippen LogP contribution in [0, 0.1) is 0 Å². The van der Waals surface area contributed by atoms with E-state index in [1.165, 1.54) is 11.8 Å². The summed E-state index contributed by atoms with van der Waals surface area (Å²) in [6.45, 7) is 2.02. The van der Waals surface area contributed by atoms with Crippen LogP contribution in [0.4, 0.5) is 0 Å². The molecule has 0 unspecified atom stereocenters. The van der Waals surface area contributed by atoms with Crippen LogP contribution >= 0.6 is 0 Å². The summed E-state index contributed by atoms with van der Waals surface area (Å²) in [7, 11) is 0. The monoisotopic (exact) mass is 271 g/mol. The van der Waals surface area contributed by atoms with E-state index in [0.717, 1.165) is 0 Å². The van der Waals surface area contributed by atoms with Crippen LogP contribution < -0.4 is 10.5 Å². The first kappa shape index (κ1) is 13.1. The molecule has 1 aromatic heterocycles. The number of aliphatic hydroxyl groups is 1. The second-order valence-electron chi connectivity index (χ2n) is 4.06. The van der Waals surface area contributed by atoms with E-state index in [2.05, 4.69) is 20.1 Å². The number of oxime groups is 1. The highest BCUT2D eigenvalue weighted by molar-refractivity contribution is 5.96. The molecule has 0 saturated carbocycles. The molecule has 1 saturated heterocycles. The lowest BCUT2D eigenvalue weighted by Crippen LogP contribution is -2.58. The molecule has 2 rings (SSSR count). The number of rotatable bonds is 4. The van der Waals surface area contributed by atoms with Crippen LogP contribution in [0.25, 0.3) is 0 Å². The van der Waals surface area contributed by atoms with Crippen molar-refractivity contribution in [3.8, 4) is 5.88 Å². The number of ether oxygens (including phenoxy) is 1. The second kappa shape index (κ2) is 5.10.